The Morgan fingerprint density at radius 2 is 1.63 bits per heavy atom. The summed E-state index contributed by atoms with van der Waals surface area (Å²) in [5, 5.41) is 9.77. The van der Waals surface area contributed by atoms with Crippen LogP contribution in [0.1, 0.15) is 34.4 Å². The zero-order valence-electron chi connectivity index (χ0n) is 18.5. The summed E-state index contributed by atoms with van der Waals surface area (Å²) in [5.41, 5.74) is 10.3. The molecule has 0 saturated carbocycles. The number of rotatable bonds is 7. The lowest BCUT2D eigenvalue weighted by atomic mass is 9.92. The molecule has 0 aliphatic rings. The first-order chi connectivity index (χ1) is 14.5. The number of nitrogens with one attached hydrogen (secondary N) is 1. The molecule has 154 valence electrons. The van der Waals surface area contributed by atoms with Crippen molar-refractivity contribution < 1.29 is 0 Å². The number of aryl methyl sites for hydroxylation is 5. The Morgan fingerprint density at radius 1 is 0.900 bits per heavy atom. The Morgan fingerprint density at radius 3 is 2.37 bits per heavy atom. The molecule has 0 fully saturated rings. The van der Waals surface area contributed by atoms with Crippen molar-refractivity contribution in [3.05, 3.63) is 88.6 Å². The van der Waals surface area contributed by atoms with Crippen LogP contribution in [0.5, 0.6) is 0 Å². The second kappa shape index (κ2) is 8.85. The van der Waals surface area contributed by atoms with Gasteiger partial charge in [0.25, 0.3) is 0 Å². The number of hydrogen-bond acceptors (Lipinski definition) is 2. The fraction of sp³-hybridized carbons (Fsp3) is 0.296. The molecule has 4 rings (SSSR count). The van der Waals surface area contributed by atoms with Gasteiger partial charge in [-0.05, 0) is 62.4 Å². The second-order valence-corrected chi connectivity index (χ2v) is 8.31. The molecule has 0 atom stereocenters. The zero-order chi connectivity index (χ0) is 21.1. The van der Waals surface area contributed by atoms with Crippen LogP contribution >= 0.6 is 0 Å². The molecule has 0 saturated heterocycles. The third-order valence-electron chi connectivity index (χ3n) is 5.87. The van der Waals surface area contributed by atoms with E-state index >= 15 is 0 Å². The predicted molar refractivity (Wildman–Crippen MR) is 127 cm³/mol. The van der Waals surface area contributed by atoms with Gasteiger partial charge in [-0.15, -0.1) is 0 Å². The van der Waals surface area contributed by atoms with Gasteiger partial charge in [0, 0.05) is 30.2 Å². The van der Waals surface area contributed by atoms with E-state index < -0.39 is 0 Å². The lowest BCUT2D eigenvalue weighted by molar-refractivity contribution is 0.625. The maximum Gasteiger partial charge on any atom is 0.100 e. The minimum atomic E-state index is 0.920. The average molecular weight is 398 g/mol. The Hall–Kier alpha value is -2.91. The largest absolute Gasteiger partial charge is 0.313 e. The summed E-state index contributed by atoms with van der Waals surface area (Å²) in [6, 6.07) is 21.7. The number of hydrogen-bond donors (Lipinski definition) is 1. The van der Waals surface area contributed by atoms with Crippen LogP contribution < -0.4 is 5.32 Å². The van der Waals surface area contributed by atoms with Crippen molar-refractivity contribution >= 4 is 10.9 Å². The lowest BCUT2D eigenvalue weighted by Crippen LogP contribution is -2.15. The van der Waals surface area contributed by atoms with Crippen LogP contribution in [-0.4, -0.2) is 16.3 Å². The van der Waals surface area contributed by atoms with Crippen molar-refractivity contribution in [3.8, 4) is 11.1 Å². The number of nitrogens with zero attached hydrogens (tertiary/aromatic N) is 2. The summed E-state index contributed by atoms with van der Waals surface area (Å²) >= 11 is 0. The molecule has 0 aliphatic carbocycles. The molecule has 0 bridgehead atoms. The minimum absolute atomic E-state index is 0.920. The van der Waals surface area contributed by atoms with Gasteiger partial charge in [0.2, 0.25) is 0 Å². The number of fused-ring (bicyclic) bond motifs is 1. The average Bonchev–Trinajstić information content (AvgIpc) is 3.04. The van der Waals surface area contributed by atoms with E-state index in [-0.39, 0.29) is 0 Å². The molecular weight excluding hydrogens is 366 g/mol. The molecular formula is C27H31N3. The smallest absolute Gasteiger partial charge is 0.100 e. The molecule has 0 aliphatic heterocycles. The molecule has 4 aromatic rings. The highest BCUT2D eigenvalue weighted by Gasteiger charge is 2.15. The van der Waals surface area contributed by atoms with Crippen LogP contribution in [0.4, 0.5) is 0 Å². The normalized spacial score (nSPS) is 11.3. The van der Waals surface area contributed by atoms with E-state index in [0.717, 1.165) is 31.4 Å². The highest BCUT2D eigenvalue weighted by atomic mass is 15.3. The van der Waals surface area contributed by atoms with Gasteiger partial charge in [0.1, 0.15) is 5.52 Å². The topological polar surface area (TPSA) is 29.9 Å². The third-order valence-corrected chi connectivity index (χ3v) is 5.87. The summed E-state index contributed by atoms with van der Waals surface area (Å²) in [6.45, 7) is 8.49. The van der Waals surface area contributed by atoms with Crippen LogP contribution in [0.2, 0.25) is 0 Å². The zero-order valence-corrected chi connectivity index (χ0v) is 18.5. The molecule has 3 nitrogen and oxygen atoms in total. The Kier molecular flexibility index (Phi) is 6.01. The predicted octanol–water partition coefficient (Wildman–Crippen LogP) is 5.89. The van der Waals surface area contributed by atoms with Crippen LogP contribution in [0.15, 0.2) is 60.7 Å². The molecule has 1 heterocycles. The molecule has 30 heavy (non-hydrogen) atoms. The van der Waals surface area contributed by atoms with Gasteiger partial charge < -0.3 is 5.32 Å². The lowest BCUT2D eigenvalue weighted by Gasteiger charge is -2.12. The third kappa shape index (κ3) is 4.17. The first kappa shape index (κ1) is 20.4. The number of benzene rings is 3. The second-order valence-electron chi connectivity index (χ2n) is 8.31. The fourth-order valence-corrected chi connectivity index (χ4v) is 4.58. The summed E-state index contributed by atoms with van der Waals surface area (Å²) in [4.78, 5) is 0. The van der Waals surface area contributed by atoms with Gasteiger partial charge >= 0.3 is 0 Å². The van der Waals surface area contributed by atoms with E-state index in [1.54, 1.807) is 0 Å². The van der Waals surface area contributed by atoms with Crippen molar-refractivity contribution in [1.82, 2.24) is 15.1 Å². The molecule has 1 aromatic heterocycles. The van der Waals surface area contributed by atoms with Crippen molar-refractivity contribution in [2.24, 2.45) is 7.05 Å². The van der Waals surface area contributed by atoms with E-state index in [4.69, 9.17) is 5.10 Å². The molecule has 0 amide bonds. The Balaban J connectivity index is 1.53. The van der Waals surface area contributed by atoms with Crippen LogP contribution in [0.3, 0.4) is 0 Å². The summed E-state index contributed by atoms with van der Waals surface area (Å²) in [5.74, 6) is 0. The molecule has 3 aromatic carbocycles. The van der Waals surface area contributed by atoms with Crippen LogP contribution in [-0.2, 0) is 20.0 Å². The standard InChI is InChI=1S/C27H31N3/c1-19-16-20(2)26(21(3)17-19)24-13-8-12-23-25(30(4)29-27(23)24)14-9-15-28-18-22-10-6-5-7-11-22/h5-8,10-13,16-17,28H,9,14-15,18H2,1-4H3. The minimum Gasteiger partial charge on any atom is -0.313 e. The summed E-state index contributed by atoms with van der Waals surface area (Å²) < 4.78 is 2.07. The van der Waals surface area contributed by atoms with Gasteiger partial charge in [0.15, 0.2) is 0 Å². The van der Waals surface area contributed by atoms with E-state index in [9.17, 15) is 0 Å². The van der Waals surface area contributed by atoms with Gasteiger partial charge in [-0.25, -0.2) is 0 Å². The maximum absolute atomic E-state index is 4.94. The van der Waals surface area contributed by atoms with Crippen molar-refractivity contribution in [2.75, 3.05) is 6.54 Å². The van der Waals surface area contributed by atoms with Crippen molar-refractivity contribution in [1.29, 1.82) is 0 Å². The molecule has 0 radical (unpaired) electrons. The van der Waals surface area contributed by atoms with E-state index in [1.807, 2.05) is 0 Å². The van der Waals surface area contributed by atoms with E-state index in [0.29, 0.717) is 0 Å². The van der Waals surface area contributed by atoms with Gasteiger partial charge in [-0.2, -0.15) is 5.10 Å². The summed E-state index contributed by atoms with van der Waals surface area (Å²) in [6.07, 6.45) is 2.11. The highest BCUT2D eigenvalue weighted by molar-refractivity contribution is 5.96. The van der Waals surface area contributed by atoms with Crippen LogP contribution in [0, 0.1) is 20.8 Å². The van der Waals surface area contributed by atoms with Crippen molar-refractivity contribution in [2.45, 2.75) is 40.2 Å². The van der Waals surface area contributed by atoms with Crippen LogP contribution in [0.25, 0.3) is 22.0 Å². The molecule has 0 spiro atoms. The quantitative estimate of drug-likeness (QED) is 0.394. The van der Waals surface area contributed by atoms with E-state index in [1.165, 1.54) is 44.5 Å². The Bertz CT molecular complexity index is 1130. The summed E-state index contributed by atoms with van der Waals surface area (Å²) in [7, 11) is 2.07. The Labute approximate surface area is 179 Å². The molecule has 0 unspecified atom stereocenters. The fourth-order valence-electron chi connectivity index (χ4n) is 4.58. The molecule has 1 N–H and O–H groups in total. The van der Waals surface area contributed by atoms with Gasteiger partial charge in [0.05, 0.1) is 0 Å². The first-order valence-corrected chi connectivity index (χ1v) is 10.8. The maximum atomic E-state index is 4.94. The SMILES string of the molecule is Cc1cc(C)c(-c2cccc3c(CCCNCc4ccccc4)n(C)nc23)c(C)c1. The molecule has 3 heteroatoms. The van der Waals surface area contributed by atoms with E-state index in [2.05, 4.69) is 98.5 Å². The van der Waals surface area contributed by atoms with Gasteiger partial charge in [-0.3, -0.25) is 4.68 Å². The monoisotopic (exact) mass is 397 g/mol. The van der Waals surface area contributed by atoms with Gasteiger partial charge in [-0.1, -0.05) is 66.2 Å². The van der Waals surface area contributed by atoms with Crippen molar-refractivity contribution in [3.63, 3.8) is 0 Å². The highest BCUT2D eigenvalue weighted by Crippen LogP contribution is 2.34. The number of aromatic nitrogens is 2. The first-order valence-electron chi connectivity index (χ1n) is 10.8.